The van der Waals surface area contributed by atoms with Crippen LogP contribution in [0, 0.1) is 6.92 Å². The first-order valence-electron chi connectivity index (χ1n) is 11.0. The molecule has 1 atom stereocenters. The molecule has 0 bridgehead atoms. The highest BCUT2D eigenvalue weighted by Gasteiger charge is 2.29. The quantitative estimate of drug-likeness (QED) is 0.313. The molecule has 168 valence electrons. The van der Waals surface area contributed by atoms with E-state index in [2.05, 4.69) is 21.7 Å². The van der Waals surface area contributed by atoms with E-state index in [-0.39, 0.29) is 11.9 Å². The van der Waals surface area contributed by atoms with Gasteiger partial charge in [0.15, 0.2) is 5.76 Å². The van der Waals surface area contributed by atoms with Gasteiger partial charge in [0.25, 0.3) is 5.91 Å². The first-order chi connectivity index (χ1) is 16.1. The number of carbonyl (C=O) groups excluding carboxylic acids is 1. The number of aryl methyl sites for hydroxylation is 2. The average molecular weight is 478 g/mol. The molecule has 0 aliphatic heterocycles. The summed E-state index contributed by atoms with van der Waals surface area (Å²) in [4.78, 5) is 18.9. The van der Waals surface area contributed by atoms with Gasteiger partial charge < -0.3 is 15.1 Å². The molecule has 0 unspecified atom stereocenters. The molecular formula is C26H24ClN3O2S. The van der Waals surface area contributed by atoms with E-state index in [1.807, 2.05) is 43.3 Å². The highest BCUT2D eigenvalue weighted by atomic mass is 35.5. The Hall–Kier alpha value is -3.09. The predicted octanol–water partition coefficient (Wildman–Crippen LogP) is 7.03. The molecule has 5 rings (SSSR count). The smallest absolute Gasteiger partial charge is 0.291 e. The summed E-state index contributed by atoms with van der Waals surface area (Å²) in [6.45, 7) is 1.97. The third-order valence-electron chi connectivity index (χ3n) is 5.84. The van der Waals surface area contributed by atoms with Gasteiger partial charge in [-0.15, -0.1) is 11.3 Å². The molecule has 1 aromatic carbocycles. The summed E-state index contributed by atoms with van der Waals surface area (Å²) < 4.78 is 5.33. The van der Waals surface area contributed by atoms with Crippen molar-refractivity contribution in [2.45, 2.75) is 38.6 Å². The van der Waals surface area contributed by atoms with Crippen molar-refractivity contribution in [3.05, 3.63) is 98.9 Å². The van der Waals surface area contributed by atoms with Crippen LogP contribution in [0.2, 0.25) is 5.02 Å². The van der Waals surface area contributed by atoms with Gasteiger partial charge in [0.1, 0.15) is 10.8 Å². The topological polar surface area (TPSA) is 67.2 Å². The number of pyridine rings is 1. The third-order valence-corrected chi connectivity index (χ3v) is 7.29. The number of halogens is 1. The van der Waals surface area contributed by atoms with Crippen LogP contribution in [0.3, 0.4) is 0 Å². The lowest BCUT2D eigenvalue weighted by Crippen LogP contribution is -2.19. The van der Waals surface area contributed by atoms with Gasteiger partial charge in [-0.05, 0) is 80.1 Å². The van der Waals surface area contributed by atoms with Gasteiger partial charge in [-0.1, -0.05) is 29.8 Å². The summed E-state index contributed by atoms with van der Waals surface area (Å²) in [6.07, 6.45) is 5.81. The Labute approximate surface area is 201 Å². The van der Waals surface area contributed by atoms with E-state index in [0.717, 1.165) is 53.3 Å². The second-order valence-electron chi connectivity index (χ2n) is 8.18. The van der Waals surface area contributed by atoms with Crippen LogP contribution in [0.5, 0.6) is 0 Å². The minimum absolute atomic E-state index is 0.219. The van der Waals surface area contributed by atoms with Crippen molar-refractivity contribution in [3.63, 3.8) is 0 Å². The van der Waals surface area contributed by atoms with Crippen molar-refractivity contribution < 1.29 is 9.21 Å². The molecule has 1 aliphatic rings. The maximum atomic E-state index is 12.9. The fourth-order valence-corrected chi connectivity index (χ4v) is 5.86. The van der Waals surface area contributed by atoms with Crippen molar-refractivity contribution in [1.29, 1.82) is 0 Å². The maximum absolute atomic E-state index is 12.9. The van der Waals surface area contributed by atoms with E-state index in [1.165, 1.54) is 16.7 Å². The van der Waals surface area contributed by atoms with Crippen molar-refractivity contribution in [1.82, 2.24) is 4.98 Å². The summed E-state index contributed by atoms with van der Waals surface area (Å²) in [6, 6.07) is 17.0. The van der Waals surface area contributed by atoms with Crippen LogP contribution in [-0.2, 0) is 12.8 Å². The summed E-state index contributed by atoms with van der Waals surface area (Å²) >= 11 is 8.05. The number of hydrogen-bond acceptors (Lipinski definition) is 5. The number of amides is 1. The molecule has 4 aromatic rings. The zero-order chi connectivity index (χ0) is 22.8. The molecular weight excluding hydrogens is 454 g/mol. The molecule has 1 amide bonds. The van der Waals surface area contributed by atoms with Crippen molar-refractivity contribution >= 4 is 39.7 Å². The summed E-state index contributed by atoms with van der Waals surface area (Å²) in [5.41, 5.74) is 4.35. The third kappa shape index (κ3) is 4.68. The second-order valence-corrected chi connectivity index (χ2v) is 9.72. The van der Waals surface area contributed by atoms with Crippen LogP contribution < -0.4 is 10.6 Å². The maximum Gasteiger partial charge on any atom is 0.291 e. The molecule has 0 radical (unpaired) electrons. The minimum atomic E-state index is -0.252. The molecule has 0 spiro atoms. The first-order valence-corrected chi connectivity index (χ1v) is 12.2. The number of anilines is 2. The van der Waals surface area contributed by atoms with Crippen molar-refractivity contribution in [2.75, 3.05) is 10.6 Å². The zero-order valence-corrected chi connectivity index (χ0v) is 19.8. The molecule has 5 nitrogen and oxygen atoms in total. The number of nitrogens with zero attached hydrogens (tertiary/aromatic N) is 1. The molecule has 1 aliphatic carbocycles. The Morgan fingerprint density at radius 2 is 1.97 bits per heavy atom. The normalized spacial score (nSPS) is 13.9. The lowest BCUT2D eigenvalue weighted by molar-refractivity contribution is 0.0997. The Kier molecular flexibility index (Phi) is 6.20. The van der Waals surface area contributed by atoms with E-state index in [9.17, 15) is 4.79 Å². The van der Waals surface area contributed by atoms with E-state index < -0.39 is 0 Å². The van der Waals surface area contributed by atoms with Gasteiger partial charge in [0.2, 0.25) is 0 Å². The number of nitrogens with one attached hydrogen (secondary N) is 2. The fourth-order valence-electron chi connectivity index (χ4n) is 4.34. The number of thiophene rings is 1. The molecule has 7 heteroatoms. The SMILES string of the molecule is Cc1cccc(N[C@H](c2cccc(Cl)c2)c2c(NC(=O)c3ccco3)sc3c2CCCC3)n1. The Bertz CT molecular complexity index is 1280. The molecule has 0 saturated heterocycles. The lowest BCUT2D eigenvalue weighted by atomic mass is 9.89. The minimum Gasteiger partial charge on any atom is -0.459 e. The number of fused-ring (bicyclic) bond motifs is 1. The standard InChI is InChI=1S/C26H24ClN3O2S/c1-16-7-4-13-22(28-16)29-24(17-8-5-9-18(27)15-17)23-19-10-2-3-12-21(19)33-26(23)30-25(31)20-11-6-14-32-20/h4-9,11,13-15,24H,2-3,10,12H2,1H3,(H,28,29)(H,30,31)/t24-/m1/s1. The Morgan fingerprint density at radius 1 is 1.12 bits per heavy atom. The second kappa shape index (κ2) is 9.41. The summed E-state index contributed by atoms with van der Waals surface area (Å²) in [7, 11) is 0. The molecule has 3 aromatic heterocycles. The van der Waals surface area contributed by atoms with Gasteiger partial charge in [0.05, 0.1) is 12.3 Å². The van der Waals surface area contributed by atoms with E-state index in [4.69, 9.17) is 16.0 Å². The van der Waals surface area contributed by atoms with Crippen LogP contribution in [0.15, 0.2) is 65.3 Å². The van der Waals surface area contributed by atoms with Crippen LogP contribution in [0.1, 0.15) is 56.7 Å². The van der Waals surface area contributed by atoms with Crippen LogP contribution in [-0.4, -0.2) is 10.9 Å². The molecule has 3 heterocycles. The monoisotopic (exact) mass is 477 g/mol. The number of benzene rings is 1. The van der Waals surface area contributed by atoms with E-state index >= 15 is 0 Å². The largest absolute Gasteiger partial charge is 0.459 e. The fraction of sp³-hybridized carbons (Fsp3) is 0.231. The first kappa shape index (κ1) is 21.7. The van der Waals surface area contributed by atoms with Gasteiger partial charge >= 0.3 is 0 Å². The van der Waals surface area contributed by atoms with Crippen molar-refractivity contribution in [2.24, 2.45) is 0 Å². The Balaban J connectivity index is 1.62. The highest BCUT2D eigenvalue weighted by Crippen LogP contribution is 2.44. The van der Waals surface area contributed by atoms with Gasteiger partial charge in [-0.3, -0.25) is 4.79 Å². The van der Waals surface area contributed by atoms with Gasteiger partial charge in [-0.2, -0.15) is 0 Å². The van der Waals surface area contributed by atoms with Crippen LogP contribution in [0.25, 0.3) is 0 Å². The number of aromatic nitrogens is 1. The van der Waals surface area contributed by atoms with E-state index in [0.29, 0.717) is 10.8 Å². The van der Waals surface area contributed by atoms with Crippen LogP contribution in [0.4, 0.5) is 10.8 Å². The van der Waals surface area contributed by atoms with E-state index in [1.54, 1.807) is 23.5 Å². The summed E-state index contributed by atoms with van der Waals surface area (Å²) in [5.74, 6) is 0.817. The molecule has 0 fully saturated rings. The van der Waals surface area contributed by atoms with Gasteiger partial charge in [-0.25, -0.2) is 4.98 Å². The highest BCUT2D eigenvalue weighted by molar-refractivity contribution is 7.16. The lowest BCUT2D eigenvalue weighted by Gasteiger charge is -2.24. The molecule has 0 saturated carbocycles. The Morgan fingerprint density at radius 3 is 2.76 bits per heavy atom. The zero-order valence-electron chi connectivity index (χ0n) is 18.2. The van der Waals surface area contributed by atoms with Gasteiger partial charge in [0, 0.05) is 21.2 Å². The summed E-state index contributed by atoms with van der Waals surface area (Å²) in [5, 5.41) is 8.26. The number of hydrogen-bond donors (Lipinski definition) is 2. The molecule has 33 heavy (non-hydrogen) atoms. The van der Waals surface area contributed by atoms with Crippen LogP contribution >= 0.6 is 22.9 Å². The predicted molar refractivity (Wildman–Crippen MR) is 134 cm³/mol. The number of carbonyl (C=O) groups is 1. The van der Waals surface area contributed by atoms with Crippen molar-refractivity contribution in [3.8, 4) is 0 Å². The number of rotatable bonds is 6. The molecule has 2 N–H and O–H groups in total. The number of furan rings is 1. The average Bonchev–Trinajstić information content (AvgIpc) is 3.46.